The number of benzene rings is 2. The second-order valence-corrected chi connectivity index (χ2v) is 7.88. The van der Waals surface area contributed by atoms with Gasteiger partial charge in [0.25, 0.3) is 11.7 Å². The molecule has 1 amide bonds. The van der Waals surface area contributed by atoms with Gasteiger partial charge in [-0.25, -0.2) is 0 Å². The number of hydrogen-bond acceptors (Lipinski definition) is 4. The third kappa shape index (κ3) is 4.42. The maximum atomic E-state index is 13.0. The van der Waals surface area contributed by atoms with E-state index in [1.165, 1.54) is 0 Å². The fourth-order valence-electron chi connectivity index (χ4n) is 3.88. The molecule has 0 radical (unpaired) electrons. The number of ketones is 1. The standard InChI is InChI=1S/C24H27ClN2O3/c1-4-26(5-2)12-13-27-21(17-9-6-8-16(3)14-17)20(23(29)24(27)30)22(28)18-10-7-11-19(25)15-18/h6-11,14-15,21,28H,4-5,12-13H2,1-3H3/b22-20-. The summed E-state index contributed by atoms with van der Waals surface area (Å²) in [7, 11) is 0. The lowest BCUT2D eigenvalue weighted by atomic mass is 9.94. The third-order valence-electron chi connectivity index (χ3n) is 5.55. The van der Waals surface area contributed by atoms with Crippen LogP contribution in [0.15, 0.2) is 54.1 Å². The lowest BCUT2D eigenvalue weighted by Gasteiger charge is -2.28. The second-order valence-electron chi connectivity index (χ2n) is 7.44. The highest BCUT2D eigenvalue weighted by Crippen LogP contribution is 2.39. The molecule has 1 aliphatic rings. The van der Waals surface area contributed by atoms with E-state index in [-0.39, 0.29) is 11.3 Å². The molecule has 6 heteroatoms. The quantitative estimate of drug-likeness (QED) is 0.404. The van der Waals surface area contributed by atoms with Crippen LogP contribution < -0.4 is 0 Å². The van der Waals surface area contributed by atoms with E-state index in [2.05, 4.69) is 18.7 Å². The number of carbonyl (C=O) groups is 2. The Morgan fingerprint density at radius 1 is 1.10 bits per heavy atom. The first-order valence-corrected chi connectivity index (χ1v) is 10.6. The highest BCUT2D eigenvalue weighted by Gasteiger charge is 2.45. The first-order chi connectivity index (χ1) is 14.4. The lowest BCUT2D eigenvalue weighted by Crippen LogP contribution is -2.38. The Balaban J connectivity index is 2.11. The van der Waals surface area contributed by atoms with Gasteiger partial charge >= 0.3 is 0 Å². The molecule has 0 spiro atoms. The van der Waals surface area contributed by atoms with Crippen LogP contribution in [0.4, 0.5) is 0 Å². The topological polar surface area (TPSA) is 60.9 Å². The normalized spacial score (nSPS) is 18.4. The highest BCUT2D eigenvalue weighted by atomic mass is 35.5. The van der Waals surface area contributed by atoms with Gasteiger partial charge in [-0.15, -0.1) is 0 Å². The van der Waals surface area contributed by atoms with Gasteiger partial charge in [-0.3, -0.25) is 9.59 Å². The minimum Gasteiger partial charge on any atom is -0.507 e. The molecule has 1 saturated heterocycles. The van der Waals surface area contributed by atoms with Crippen molar-refractivity contribution in [2.45, 2.75) is 26.8 Å². The van der Waals surface area contributed by atoms with Crippen LogP contribution in [-0.4, -0.2) is 52.8 Å². The number of Topliss-reactive ketones (excluding diaryl/α,β-unsaturated/α-hetero) is 1. The number of likely N-dealkylation sites (tertiary alicyclic amines) is 1. The van der Waals surface area contributed by atoms with Crippen LogP contribution in [0.25, 0.3) is 5.76 Å². The van der Waals surface area contributed by atoms with Gasteiger partial charge in [0.15, 0.2) is 0 Å². The van der Waals surface area contributed by atoms with Crippen LogP contribution in [-0.2, 0) is 9.59 Å². The summed E-state index contributed by atoms with van der Waals surface area (Å²) in [5.74, 6) is -1.46. The van der Waals surface area contributed by atoms with Crippen LogP contribution in [0.1, 0.15) is 36.6 Å². The predicted octanol–water partition coefficient (Wildman–Crippen LogP) is 4.41. The summed E-state index contributed by atoms with van der Waals surface area (Å²) in [6, 6.07) is 13.7. The van der Waals surface area contributed by atoms with Crippen molar-refractivity contribution in [3.8, 4) is 0 Å². The average molecular weight is 427 g/mol. The van der Waals surface area contributed by atoms with Gasteiger partial charge < -0.3 is 14.9 Å². The van der Waals surface area contributed by atoms with Crippen molar-refractivity contribution in [2.75, 3.05) is 26.2 Å². The number of aryl methyl sites for hydroxylation is 1. The molecule has 1 atom stereocenters. The molecule has 0 bridgehead atoms. The summed E-state index contributed by atoms with van der Waals surface area (Å²) in [6.07, 6.45) is 0. The molecule has 1 heterocycles. The first kappa shape index (κ1) is 22.1. The molecule has 1 aliphatic heterocycles. The smallest absolute Gasteiger partial charge is 0.295 e. The van der Waals surface area contributed by atoms with E-state index in [0.717, 1.165) is 24.2 Å². The van der Waals surface area contributed by atoms with Gasteiger partial charge in [-0.1, -0.05) is 67.4 Å². The Kier molecular flexibility index (Phi) is 6.95. The largest absolute Gasteiger partial charge is 0.507 e. The summed E-state index contributed by atoms with van der Waals surface area (Å²) in [5.41, 5.74) is 2.34. The molecule has 1 N–H and O–H groups in total. The van der Waals surface area contributed by atoms with Crippen molar-refractivity contribution in [2.24, 2.45) is 0 Å². The van der Waals surface area contributed by atoms with E-state index >= 15 is 0 Å². The predicted molar refractivity (Wildman–Crippen MR) is 119 cm³/mol. The lowest BCUT2D eigenvalue weighted by molar-refractivity contribution is -0.140. The number of hydrogen-bond donors (Lipinski definition) is 1. The van der Waals surface area contributed by atoms with Crippen LogP contribution in [0.2, 0.25) is 5.02 Å². The van der Waals surface area contributed by atoms with Crippen molar-refractivity contribution < 1.29 is 14.7 Å². The maximum absolute atomic E-state index is 13.0. The zero-order chi connectivity index (χ0) is 21.8. The number of rotatable bonds is 7. The van der Waals surface area contributed by atoms with Crippen molar-refractivity contribution in [1.82, 2.24) is 9.80 Å². The summed E-state index contributed by atoms with van der Waals surface area (Å²) in [4.78, 5) is 29.7. The van der Waals surface area contributed by atoms with E-state index in [4.69, 9.17) is 11.6 Å². The zero-order valence-corrected chi connectivity index (χ0v) is 18.3. The summed E-state index contributed by atoms with van der Waals surface area (Å²) in [5, 5.41) is 11.5. The van der Waals surface area contributed by atoms with Crippen molar-refractivity contribution in [1.29, 1.82) is 0 Å². The van der Waals surface area contributed by atoms with Crippen molar-refractivity contribution in [3.05, 3.63) is 75.8 Å². The van der Waals surface area contributed by atoms with E-state index in [0.29, 0.717) is 23.7 Å². The third-order valence-corrected chi connectivity index (χ3v) is 5.78. The Morgan fingerprint density at radius 2 is 1.80 bits per heavy atom. The molecule has 30 heavy (non-hydrogen) atoms. The molecular weight excluding hydrogens is 400 g/mol. The van der Waals surface area contributed by atoms with E-state index < -0.39 is 17.7 Å². The first-order valence-electron chi connectivity index (χ1n) is 10.2. The number of aliphatic hydroxyl groups is 1. The molecule has 2 aromatic rings. The molecule has 5 nitrogen and oxygen atoms in total. The maximum Gasteiger partial charge on any atom is 0.295 e. The molecule has 1 unspecified atom stereocenters. The monoisotopic (exact) mass is 426 g/mol. The van der Waals surface area contributed by atoms with Crippen molar-refractivity contribution >= 4 is 29.1 Å². The van der Waals surface area contributed by atoms with Crippen LogP contribution in [0.3, 0.4) is 0 Å². The van der Waals surface area contributed by atoms with Gasteiger partial charge in [0.05, 0.1) is 11.6 Å². The van der Waals surface area contributed by atoms with E-state index in [1.807, 2.05) is 31.2 Å². The minimum atomic E-state index is -0.668. The molecule has 0 aromatic heterocycles. The molecular formula is C24H27ClN2O3. The average Bonchev–Trinajstić information content (AvgIpc) is 2.99. The molecule has 0 aliphatic carbocycles. The van der Waals surface area contributed by atoms with Crippen LogP contribution >= 0.6 is 11.6 Å². The Bertz CT molecular complexity index is 982. The van der Waals surface area contributed by atoms with E-state index in [1.54, 1.807) is 29.2 Å². The second kappa shape index (κ2) is 9.45. The number of aliphatic hydroxyl groups excluding tert-OH is 1. The van der Waals surface area contributed by atoms with Gasteiger partial charge in [-0.2, -0.15) is 0 Å². The number of nitrogens with zero attached hydrogens (tertiary/aromatic N) is 2. The van der Waals surface area contributed by atoms with Crippen LogP contribution in [0.5, 0.6) is 0 Å². The van der Waals surface area contributed by atoms with Crippen molar-refractivity contribution in [3.63, 3.8) is 0 Å². The fourth-order valence-corrected chi connectivity index (χ4v) is 4.07. The fraction of sp³-hybridized carbons (Fsp3) is 0.333. The van der Waals surface area contributed by atoms with Gasteiger partial charge in [0, 0.05) is 23.7 Å². The Morgan fingerprint density at radius 3 is 2.43 bits per heavy atom. The molecule has 0 saturated carbocycles. The minimum absolute atomic E-state index is 0.104. The molecule has 2 aromatic carbocycles. The zero-order valence-electron chi connectivity index (χ0n) is 17.6. The van der Waals surface area contributed by atoms with Crippen LogP contribution in [0, 0.1) is 6.92 Å². The number of halogens is 1. The van der Waals surface area contributed by atoms with Gasteiger partial charge in [0.2, 0.25) is 0 Å². The number of amides is 1. The molecule has 1 fully saturated rings. The Hall–Kier alpha value is -2.63. The SMILES string of the molecule is CCN(CC)CCN1C(=O)C(=O)/C(=C(\O)c2cccc(Cl)c2)C1c1cccc(C)c1. The summed E-state index contributed by atoms with van der Waals surface area (Å²) in [6.45, 7) is 8.86. The molecule has 158 valence electrons. The summed E-state index contributed by atoms with van der Waals surface area (Å²) < 4.78 is 0. The van der Waals surface area contributed by atoms with E-state index in [9.17, 15) is 14.7 Å². The summed E-state index contributed by atoms with van der Waals surface area (Å²) >= 11 is 6.08. The van der Waals surface area contributed by atoms with Gasteiger partial charge in [0.1, 0.15) is 5.76 Å². The number of likely N-dealkylation sites (N-methyl/N-ethyl adjacent to an activating group) is 1. The highest BCUT2D eigenvalue weighted by molar-refractivity contribution is 6.46. The molecule has 3 rings (SSSR count). The van der Waals surface area contributed by atoms with Gasteiger partial charge in [-0.05, 0) is 37.7 Å². The number of carbonyl (C=O) groups excluding carboxylic acids is 2. The Labute approximate surface area is 182 Å².